The lowest BCUT2D eigenvalue weighted by Crippen LogP contribution is -2.40. The molecule has 1 atom stereocenters. The maximum absolute atomic E-state index is 9.37. The summed E-state index contributed by atoms with van der Waals surface area (Å²) < 4.78 is 0. The van der Waals surface area contributed by atoms with Crippen molar-refractivity contribution in [3.63, 3.8) is 0 Å². The van der Waals surface area contributed by atoms with Gasteiger partial charge in [0.25, 0.3) is 0 Å². The Kier molecular flexibility index (Phi) is 5.46. The maximum atomic E-state index is 9.37. The molecule has 0 saturated carbocycles. The fraction of sp³-hybridized carbons (Fsp3) is 1.00. The SMILES string of the molecule is CCCCC(CO)(CO)C(C)O. The Morgan fingerprint density at radius 1 is 1.25 bits per heavy atom. The summed E-state index contributed by atoms with van der Waals surface area (Å²) in [5, 5.41) is 27.5. The first kappa shape index (κ1) is 11.9. The van der Waals surface area contributed by atoms with Crippen LogP contribution < -0.4 is 0 Å². The van der Waals surface area contributed by atoms with Crippen LogP contribution in [0.1, 0.15) is 33.1 Å². The van der Waals surface area contributed by atoms with Crippen molar-refractivity contribution in [1.82, 2.24) is 0 Å². The van der Waals surface area contributed by atoms with E-state index in [1.165, 1.54) is 0 Å². The standard InChI is InChI=1S/C9H20O3/c1-3-4-5-9(6-10,7-11)8(2)12/h8,10-12H,3-7H2,1-2H3. The third-order valence-electron chi connectivity index (χ3n) is 2.54. The Morgan fingerprint density at radius 3 is 2.00 bits per heavy atom. The van der Waals surface area contributed by atoms with Crippen molar-refractivity contribution < 1.29 is 15.3 Å². The van der Waals surface area contributed by atoms with Gasteiger partial charge in [-0.15, -0.1) is 0 Å². The molecule has 3 N–H and O–H groups in total. The molecule has 3 nitrogen and oxygen atoms in total. The molecule has 0 aliphatic carbocycles. The molecular weight excluding hydrogens is 156 g/mol. The highest BCUT2D eigenvalue weighted by Gasteiger charge is 2.33. The van der Waals surface area contributed by atoms with Crippen LogP contribution in [0, 0.1) is 5.41 Å². The molecular formula is C9H20O3. The highest BCUT2D eigenvalue weighted by atomic mass is 16.3. The van der Waals surface area contributed by atoms with Gasteiger partial charge in [-0.05, 0) is 13.3 Å². The molecule has 0 aliphatic heterocycles. The summed E-state index contributed by atoms with van der Waals surface area (Å²) in [4.78, 5) is 0. The molecule has 0 aliphatic rings. The summed E-state index contributed by atoms with van der Waals surface area (Å²) in [6.07, 6.45) is 1.95. The predicted molar refractivity (Wildman–Crippen MR) is 47.8 cm³/mol. The van der Waals surface area contributed by atoms with E-state index in [9.17, 15) is 5.11 Å². The van der Waals surface area contributed by atoms with Crippen LogP contribution in [0.15, 0.2) is 0 Å². The lowest BCUT2D eigenvalue weighted by atomic mass is 9.80. The number of aliphatic hydroxyl groups excluding tert-OH is 3. The largest absolute Gasteiger partial charge is 0.396 e. The topological polar surface area (TPSA) is 60.7 Å². The first-order chi connectivity index (χ1) is 5.63. The van der Waals surface area contributed by atoms with Crippen LogP contribution in [0.5, 0.6) is 0 Å². The van der Waals surface area contributed by atoms with Crippen molar-refractivity contribution >= 4 is 0 Å². The van der Waals surface area contributed by atoms with Gasteiger partial charge in [0.1, 0.15) is 0 Å². The quantitative estimate of drug-likeness (QED) is 0.553. The van der Waals surface area contributed by atoms with Crippen molar-refractivity contribution in [1.29, 1.82) is 0 Å². The van der Waals surface area contributed by atoms with Crippen LogP contribution in [-0.4, -0.2) is 34.6 Å². The fourth-order valence-electron chi connectivity index (χ4n) is 1.21. The van der Waals surface area contributed by atoms with E-state index in [0.717, 1.165) is 12.8 Å². The minimum absolute atomic E-state index is 0.152. The van der Waals surface area contributed by atoms with Crippen molar-refractivity contribution in [3.8, 4) is 0 Å². The lowest BCUT2D eigenvalue weighted by Gasteiger charge is -2.32. The highest BCUT2D eigenvalue weighted by Crippen LogP contribution is 2.27. The fourth-order valence-corrected chi connectivity index (χ4v) is 1.21. The van der Waals surface area contributed by atoms with Gasteiger partial charge in [-0.25, -0.2) is 0 Å². The number of unbranched alkanes of at least 4 members (excludes halogenated alkanes) is 1. The molecule has 1 unspecified atom stereocenters. The third-order valence-corrected chi connectivity index (χ3v) is 2.54. The smallest absolute Gasteiger partial charge is 0.0612 e. The average molecular weight is 176 g/mol. The molecule has 0 rings (SSSR count). The van der Waals surface area contributed by atoms with Gasteiger partial charge < -0.3 is 15.3 Å². The predicted octanol–water partition coefficient (Wildman–Crippen LogP) is 0.528. The van der Waals surface area contributed by atoms with E-state index in [1.807, 2.05) is 6.92 Å². The average Bonchev–Trinajstić information content (AvgIpc) is 2.07. The zero-order chi connectivity index (χ0) is 9.61. The van der Waals surface area contributed by atoms with Gasteiger partial charge in [0.05, 0.1) is 19.3 Å². The molecule has 0 bridgehead atoms. The van der Waals surface area contributed by atoms with E-state index in [0.29, 0.717) is 6.42 Å². The number of aliphatic hydroxyl groups is 3. The van der Waals surface area contributed by atoms with Crippen LogP contribution in [-0.2, 0) is 0 Å². The molecule has 0 aromatic carbocycles. The molecule has 74 valence electrons. The minimum atomic E-state index is -0.698. The van der Waals surface area contributed by atoms with E-state index >= 15 is 0 Å². The van der Waals surface area contributed by atoms with Gasteiger partial charge in [0.15, 0.2) is 0 Å². The van der Waals surface area contributed by atoms with Crippen LogP contribution in [0.4, 0.5) is 0 Å². The molecule has 0 aromatic heterocycles. The summed E-state index contributed by atoms with van der Waals surface area (Å²) in [6.45, 7) is 3.35. The zero-order valence-electron chi connectivity index (χ0n) is 7.95. The number of hydrogen-bond donors (Lipinski definition) is 3. The summed E-state index contributed by atoms with van der Waals surface area (Å²) >= 11 is 0. The lowest BCUT2D eigenvalue weighted by molar-refractivity contribution is -0.0505. The van der Waals surface area contributed by atoms with Crippen LogP contribution in [0.25, 0.3) is 0 Å². The second-order valence-corrected chi connectivity index (χ2v) is 3.46. The molecule has 0 fully saturated rings. The van der Waals surface area contributed by atoms with Crippen LogP contribution in [0.2, 0.25) is 0 Å². The van der Waals surface area contributed by atoms with Gasteiger partial charge in [-0.3, -0.25) is 0 Å². The van der Waals surface area contributed by atoms with Gasteiger partial charge in [0, 0.05) is 5.41 Å². The Labute approximate surface area is 74.0 Å². The second kappa shape index (κ2) is 5.51. The number of rotatable bonds is 6. The van der Waals surface area contributed by atoms with Gasteiger partial charge in [-0.1, -0.05) is 19.8 Å². The molecule has 0 spiro atoms. The summed E-state index contributed by atoms with van der Waals surface area (Å²) in [6, 6.07) is 0. The van der Waals surface area contributed by atoms with Crippen molar-refractivity contribution in [2.75, 3.05) is 13.2 Å². The van der Waals surface area contributed by atoms with E-state index in [-0.39, 0.29) is 13.2 Å². The van der Waals surface area contributed by atoms with Gasteiger partial charge in [-0.2, -0.15) is 0 Å². The number of hydrogen-bond acceptors (Lipinski definition) is 3. The van der Waals surface area contributed by atoms with Crippen LogP contribution >= 0.6 is 0 Å². The molecule has 0 aromatic rings. The van der Waals surface area contributed by atoms with E-state index in [4.69, 9.17) is 10.2 Å². The molecule has 0 saturated heterocycles. The third kappa shape index (κ3) is 2.73. The Bertz CT molecular complexity index is 108. The first-order valence-electron chi connectivity index (χ1n) is 4.52. The molecule has 3 heteroatoms. The zero-order valence-corrected chi connectivity index (χ0v) is 7.95. The molecule has 12 heavy (non-hydrogen) atoms. The van der Waals surface area contributed by atoms with E-state index in [2.05, 4.69) is 0 Å². The van der Waals surface area contributed by atoms with Crippen molar-refractivity contribution in [3.05, 3.63) is 0 Å². The van der Waals surface area contributed by atoms with Gasteiger partial charge >= 0.3 is 0 Å². The van der Waals surface area contributed by atoms with Crippen molar-refractivity contribution in [2.45, 2.75) is 39.2 Å². The minimum Gasteiger partial charge on any atom is -0.396 e. The van der Waals surface area contributed by atoms with Gasteiger partial charge in [0.2, 0.25) is 0 Å². The molecule has 0 radical (unpaired) electrons. The Hall–Kier alpha value is -0.120. The normalized spacial score (nSPS) is 14.8. The maximum Gasteiger partial charge on any atom is 0.0612 e. The highest BCUT2D eigenvalue weighted by molar-refractivity contribution is 4.82. The summed E-state index contributed by atoms with van der Waals surface area (Å²) in [7, 11) is 0. The molecule has 0 heterocycles. The molecule has 0 amide bonds. The Balaban J connectivity index is 4.15. The Morgan fingerprint density at radius 2 is 1.75 bits per heavy atom. The summed E-state index contributed by atoms with van der Waals surface area (Å²) in [5.74, 6) is 0. The second-order valence-electron chi connectivity index (χ2n) is 3.46. The van der Waals surface area contributed by atoms with E-state index < -0.39 is 11.5 Å². The van der Waals surface area contributed by atoms with E-state index in [1.54, 1.807) is 6.92 Å². The van der Waals surface area contributed by atoms with Crippen molar-refractivity contribution in [2.24, 2.45) is 5.41 Å². The monoisotopic (exact) mass is 176 g/mol. The first-order valence-corrected chi connectivity index (χ1v) is 4.52. The summed E-state index contributed by atoms with van der Waals surface area (Å²) in [5.41, 5.74) is -0.698. The van der Waals surface area contributed by atoms with Crippen LogP contribution in [0.3, 0.4) is 0 Å².